The summed E-state index contributed by atoms with van der Waals surface area (Å²) >= 11 is -2.85. The van der Waals surface area contributed by atoms with Crippen molar-refractivity contribution in [3.63, 3.8) is 0 Å². The molecule has 0 unspecified atom stereocenters. The Morgan fingerprint density at radius 2 is 1.38 bits per heavy atom. The molecule has 0 N–H and O–H groups in total. The van der Waals surface area contributed by atoms with Gasteiger partial charge in [-0.05, 0) is 0 Å². The van der Waals surface area contributed by atoms with Crippen LogP contribution < -0.4 is 0 Å². The van der Waals surface area contributed by atoms with Crippen LogP contribution in [0.15, 0.2) is 0 Å². The molecule has 0 rings (SSSR count). The molecule has 5 heteroatoms. The Hall–Kier alpha value is 0.832. The van der Waals surface area contributed by atoms with Crippen LogP contribution in [-0.2, 0) is 12.3 Å². The third-order valence-corrected chi connectivity index (χ3v) is 26.0. The molecule has 0 aromatic rings. The van der Waals surface area contributed by atoms with Crippen molar-refractivity contribution in [1.82, 2.24) is 0 Å². The molecule has 0 aliphatic rings. The van der Waals surface area contributed by atoms with E-state index in [1.807, 2.05) is 0 Å². The third kappa shape index (κ3) is 4.25. The molecule has 0 atom stereocenters. The van der Waals surface area contributed by atoms with E-state index in [-0.39, 0.29) is 5.75 Å². The minimum absolute atomic E-state index is 0.106. The maximum absolute atomic E-state index is 11.3. The Kier molecular flexibility index (Phi) is 6.01. The van der Waals surface area contributed by atoms with E-state index >= 15 is 0 Å². The molecular weight excluding hydrogens is 383 g/mol. The Bertz CT molecular complexity index is 224. The van der Waals surface area contributed by atoms with Crippen LogP contribution in [0.4, 0.5) is 0 Å². The molecule has 0 aliphatic heterocycles. The summed E-state index contributed by atoms with van der Waals surface area (Å²) in [7, 11) is -3.21. The Morgan fingerprint density at radius 1 is 1.00 bits per heavy atom. The van der Waals surface area contributed by atoms with E-state index in [9.17, 15) is 8.42 Å². The van der Waals surface area contributed by atoms with Crippen molar-refractivity contribution in [2.24, 2.45) is 0 Å². The summed E-state index contributed by atoms with van der Waals surface area (Å²) in [6, 6.07) is 0. The van der Waals surface area contributed by atoms with Crippen LogP contribution in [0.1, 0.15) is 27.7 Å². The molecule has 80 valence electrons. The van der Waals surface area contributed by atoms with Gasteiger partial charge in [-0.2, -0.15) is 0 Å². The quantitative estimate of drug-likeness (QED) is 0.640. The number of hydrogen-bond acceptors (Lipinski definition) is 3. The van der Waals surface area contributed by atoms with Gasteiger partial charge in [0.15, 0.2) is 0 Å². The van der Waals surface area contributed by atoms with E-state index in [1.54, 1.807) is 6.92 Å². The van der Waals surface area contributed by atoms with Crippen LogP contribution in [0.5, 0.6) is 0 Å². The molecule has 0 saturated heterocycles. The van der Waals surface area contributed by atoms with Crippen LogP contribution in [0, 0.1) is 0 Å². The molecule has 0 aromatic heterocycles. The second kappa shape index (κ2) is 5.65. The number of rotatable bonds is 6. The van der Waals surface area contributed by atoms with Gasteiger partial charge < -0.3 is 0 Å². The second-order valence-electron chi connectivity index (χ2n) is 3.17. The van der Waals surface area contributed by atoms with Gasteiger partial charge in [0.25, 0.3) is 0 Å². The second-order valence-corrected chi connectivity index (χ2v) is 24.4. The van der Waals surface area contributed by atoms with E-state index in [1.165, 1.54) is 0 Å². The van der Waals surface area contributed by atoms with E-state index in [0.29, 0.717) is 0 Å². The zero-order valence-electron chi connectivity index (χ0n) is 8.96. The average Bonchev–Trinajstić information content (AvgIpc) is 2.14. The van der Waals surface area contributed by atoms with E-state index < -0.39 is 31.7 Å². The topological polar surface area (TPSA) is 43.4 Å². The van der Waals surface area contributed by atoms with Gasteiger partial charge in [0, 0.05) is 0 Å². The predicted molar refractivity (Wildman–Crippen MR) is 57.7 cm³/mol. The predicted octanol–water partition coefficient (Wildman–Crippen LogP) is 2.36. The molecule has 3 nitrogen and oxygen atoms in total. The van der Waals surface area contributed by atoms with Crippen LogP contribution >= 0.6 is 0 Å². The summed E-state index contributed by atoms with van der Waals surface area (Å²) in [5.41, 5.74) is 0. The molecule has 0 spiro atoms. The molecule has 0 aromatic carbocycles. The zero-order chi connectivity index (χ0) is 10.5. The van der Waals surface area contributed by atoms with Gasteiger partial charge in [0.2, 0.25) is 0 Å². The number of hydrogen-bond donors (Lipinski definition) is 0. The first kappa shape index (κ1) is 13.8. The van der Waals surface area contributed by atoms with Crippen molar-refractivity contribution in [1.29, 1.82) is 0 Å². The van der Waals surface area contributed by atoms with Crippen LogP contribution in [-0.4, -0.2) is 35.8 Å². The van der Waals surface area contributed by atoms with Crippen LogP contribution in [0.2, 0.25) is 11.9 Å². The molecule has 0 radical (unpaired) electrons. The van der Waals surface area contributed by atoms with Gasteiger partial charge in [-0.3, -0.25) is 0 Å². The molecular formula is C8H20O3PbS. The third-order valence-electron chi connectivity index (χ3n) is 2.59. The summed E-state index contributed by atoms with van der Waals surface area (Å²) in [5.74, 6) is 0.106. The SMILES string of the molecule is CCS(=O)(=O)[O][Pb]([CH2]C)([CH2]C)[CH2]C. The summed E-state index contributed by atoms with van der Waals surface area (Å²) < 4.78 is 30.9. The summed E-state index contributed by atoms with van der Waals surface area (Å²) in [6.07, 6.45) is 0. The summed E-state index contributed by atoms with van der Waals surface area (Å²) in [4.78, 5) is 0. The molecule has 0 bridgehead atoms. The van der Waals surface area contributed by atoms with Crippen LogP contribution in [0.3, 0.4) is 0 Å². The molecule has 13 heavy (non-hydrogen) atoms. The van der Waals surface area contributed by atoms with Crippen LogP contribution in [0.25, 0.3) is 0 Å². The summed E-state index contributed by atoms with van der Waals surface area (Å²) in [5, 5.41) is 0. The fourth-order valence-corrected chi connectivity index (χ4v) is 19.9. The monoisotopic (exact) mass is 404 g/mol. The van der Waals surface area contributed by atoms with Gasteiger partial charge in [-0.15, -0.1) is 0 Å². The first-order chi connectivity index (χ1) is 5.95. The van der Waals surface area contributed by atoms with Gasteiger partial charge in [-0.25, -0.2) is 0 Å². The summed E-state index contributed by atoms with van der Waals surface area (Å²) in [6.45, 7) is 7.80. The van der Waals surface area contributed by atoms with Gasteiger partial charge in [0.05, 0.1) is 0 Å². The van der Waals surface area contributed by atoms with E-state index in [2.05, 4.69) is 20.8 Å². The molecule has 0 aliphatic carbocycles. The van der Waals surface area contributed by atoms with Crippen molar-refractivity contribution in [2.75, 3.05) is 5.75 Å². The van der Waals surface area contributed by atoms with Gasteiger partial charge in [0.1, 0.15) is 0 Å². The zero-order valence-corrected chi connectivity index (χ0v) is 13.7. The normalized spacial score (nSPS) is 13.2. The first-order valence-electron chi connectivity index (χ1n) is 4.88. The van der Waals surface area contributed by atoms with Gasteiger partial charge in [-0.1, -0.05) is 0 Å². The molecule has 0 saturated carbocycles. The standard InChI is InChI=1S/C2H6O3S.3C2H5.Pb/c1-2-6(3,4)5;3*1-2;/h2H2,1H3,(H,3,4,5);3*1H2,2H3;/q;;;;+1/p-1. The fourth-order valence-electron chi connectivity index (χ4n) is 1.26. The first-order valence-corrected chi connectivity index (χ1v) is 16.3. The molecule has 0 heterocycles. The van der Waals surface area contributed by atoms with Crippen molar-refractivity contribution >= 4 is 31.7 Å². The molecule has 0 amide bonds. The maximum atomic E-state index is 11.3. The van der Waals surface area contributed by atoms with E-state index in [4.69, 9.17) is 2.13 Å². The van der Waals surface area contributed by atoms with E-state index in [0.717, 1.165) is 11.9 Å². The van der Waals surface area contributed by atoms with Gasteiger partial charge >= 0.3 is 87.7 Å². The Labute approximate surface area is 87.3 Å². The van der Waals surface area contributed by atoms with Crippen molar-refractivity contribution in [3.8, 4) is 0 Å². The Balaban J connectivity index is 4.61. The fraction of sp³-hybridized carbons (Fsp3) is 1.00. The van der Waals surface area contributed by atoms with Crippen molar-refractivity contribution in [2.45, 2.75) is 39.6 Å². The molecule has 0 fully saturated rings. The average molecular weight is 404 g/mol. The Morgan fingerprint density at radius 3 is 1.62 bits per heavy atom. The van der Waals surface area contributed by atoms with Crippen molar-refractivity contribution < 1.29 is 10.6 Å². The van der Waals surface area contributed by atoms with Crippen molar-refractivity contribution in [3.05, 3.63) is 0 Å². The minimum atomic E-state index is -3.21.